The van der Waals surface area contributed by atoms with Crippen LogP contribution in [-0.2, 0) is 4.79 Å². The first-order valence-electron chi connectivity index (χ1n) is 6.74. The van der Waals surface area contributed by atoms with E-state index in [9.17, 15) is 9.59 Å². The fourth-order valence-electron chi connectivity index (χ4n) is 2.49. The zero-order valence-corrected chi connectivity index (χ0v) is 11.1. The van der Waals surface area contributed by atoms with Gasteiger partial charge in [-0.1, -0.05) is 0 Å². The standard InChI is InChI=1S/C14H16N4O2/c19-12(18-7-1-2-8-18)9-17-14(20)11-4-6-16-13-10(11)3-5-15-13/h3-6H,1-2,7-9H2,(H,15,16)(H,17,20). The van der Waals surface area contributed by atoms with Crippen LogP contribution >= 0.6 is 0 Å². The third-order valence-electron chi connectivity index (χ3n) is 3.56. The predicted molar refractivity (Wildman–Crippen MR) is 74.2 cm³/mol. The van der Waals surface area contributed by atoms with E-state index < -0.39 is 0 Å². The van der Waals surface area contributed by atoms with Gasteiger partial charge in [0.2, 0.25) is 5.91 Å². The minimum absolute atomic E-state index is 0.0183. The predicted octanol–water partition coefficient (Wildman–Crippen LogP) is 0.915. The topological polar surface area (TPSA) is 78.1 Å². The van der Waals surface area contributed by atoms with Gasteiger partial charge in [-0.25, -0.2) is 4.98 Å². The molecule has 0 saturated carbocycles. The third-order valence-corrected chi connectivity index (χ3v) is 3.56. The smallest absolute Gasteiger partial charge is 0.252 e. The molecule has 1 aliphatic rings. The highest BCUT2D eigenvalue weighted by molar-refractivity contribution is 6.06. The summed E-state index contributed by atoms with van der Waals surface area (Å²) in [5, 5.41) is 3.45. The van der Waals surface area contributed by atoms with Crippen LogP contribution in [0.5, 0.6) is 0 Å². The SMILES string of the molecule is O=C(NCC(=O)N1CCCC1)c1ccnc2[nH]ccc12. The fraction of sp³-hybridized carbons (Fsp3) is 0.357. The number of pyridine rings is 1. The van der Waals surface area contributed by atoms with Gasteiger partial charge in [0.25, 0.3) is 5.91 Å². The second-order valence-corrected chi connectivity index (χ2v) is 4.87. The summed E-state index contributed by atoms with van der Waals surface area (Å²) in [7, 11) is 0. The van der Waals surface area contributed by atoms with Crippen molar-refractivity contribution in [3.05, 3.63) is 30.1 Å². The van der Waals surface area contributed by atoms with Gasteiger partial charge in [0.05, 0.1) is 12.1 Å². The Morgan fingerprint density at radius 3 is 2.90 bits per heavy atom. The number of nitrogens with zero attached hydrogens (tertiary/aromatic N) is 2. The second-order valence-electron chi connectivity index (χ2n) is 4.87. The number of rotatable bonds is 3. The summed E-state index contributed by atoms with van der Waals surface area (Å²) in [5.41, 5.74) is 1.20. The molecule has 0 aliphatic carbocycles. The molecule has 2 amide bonds. The number of likely N-dealkylation sites (tertiary alicyclic amines) is 1. The lowest BCUT2D eigenvalue weighted by molar-refractivity contribution is -0.129. The Morgan fingerprint density at radius 1 is 1.30 bits per heavy atom. The Balaban J connectivity index is 1.67. The van der Waals surface area contributed by atoms with Crippen LogP contribution < -0.4 is 5.32 Å². The molecule has 6 heteroatoms. The number of carbonyl (C=O) groups is 2. The summed E-state index contributed by atoms with van der Waals surface area (Å²) in [6, 6.07) is 3.46. The van der Waals surface area contributed by atoms with Crippen molar-refractivity contribution in [1.82, 2.24) is 20.2 Å². The molecule has 20 heavy (non-hydrogen) atoms. The quantitative estimate of drug-likeness (QED) is 0.872. The lowest BCUT2D eigenvalue weighted by atomic mass is 10.2. The molecule has 2 N–H and O–H groups in total. The number of amides is 2. The number of H-pyrrole nitrogens is 1. The van der Waals surface area contributed by atoms with Crippen LogP contribution in [0.25, 0.3) is 11.0 Å². The van der Waals surface area contributed by atoms with Gasteiger partial charge >= 0.3 is 0 Å². The van der Waals surface area contributed by atoms with Gasteiger partial charge in [-0.05, 0) is 25.0 Å². The maximum Gasteiger partial charge on any atom is 0.252 e. The minimum Gasteiger partial charge on any atom is -0.346 e. The Hall–Kier alpha value is -2.37. The molecule has 2 aromatic heterocycles. The van der Waals surface area contributed by atoms with Crippen LogP contribution in [0.4, 0.5) is 0 Å². The number of carbonyl (C=O) groups excluding carboxylic acids is 2. The maximum absolute atomic E-state index is 12.2. The van der Waals surface area contributed by atoms with Crippen molar-refractivity contribution >= 4 is 22.8 Å². The van der Waals surface area contributed by atoms with Gasteiger partial charge in [-0.3, -0.25) is 9.59 Å². The van der Waals surface area contributed by atoms with Crippen LogP contribution in [0.2, 0.25) is 0 Å². The summed E-state index contributed by atoms with van der Waals surface area (Å²) in [5.74, 6) is -0.264. The number of aromatic nitrogens is 2. The average molecular weight is 272 g/mol. The van der Waals surface area contributed by atoms with Gasteiger partial charge in [0.15, 0.2) is 0 Å². The molecule has 3 rings (SSSR count). The molecule has 0 radical (unpaired) electrons. The van der Waals surface area contributed by atoms with Crippen LogP contribution in [0.1, 0.15) is 23.2 Å². The molecule has 3 heterocycles. The molecule has 6 nitrogen and oxygen atoms in total. The summed E-state index contributed by atoms with van der Waals surface area (Å²) in [6.07, 6.45) is 5.42. The molecule has 0 bridgehead atoms. The van der Waals surface area contributed by atoms with Crippen LogP contribution in [-0.4, -0.2) is 46.3 Å². The summed E-state index contributed by atoms with van der Waals surface area (Å²) < 4.78 is 0. The molecule has 0 atom stereocenters. The Morgan fingerprint density at radius 2 is 2.10 bits per heavy atom. The molecule has 104 valence electrons. The fourth-order valence-corrected chi connectivity index (χ4v) is 2.49. The molecule has 2 aromatic rings. The molecule has 0 spiro atoms. The van der Waals surface area contributed by atoms with Crippen molar-refractivity contribution in [3.63, 3.8) is 0 Å². The van der Waals surface area contributed by atoms with E-state index in [0.717, 1.165) is 31.3 Å². The first-order valence-corrected chi connectivity index (χ1v) is 6.74. The zero-order valence-electron chi connectivity index (χ0n) is 11.1. The van der Waals surface area contributed by atoms with Crippen molar-refractivity contribution < 1.29 is 9.59 Å². The minimum atomic E-state index is -0.246. The number of nitrogens with one attached hydrogen (secondary N) is 2. The van der Waals surface area contributed by atoms with Crippen molar-refractivity contribution in [1.29, 1.82) is 0 Å². The van der Waals surface area contributed by atoms with E-state index >= 15 is 0 Å². The van der Waals surface area contributed by atoms with Crippen LogP contribution in [0.3, 0.4) is 0 Å². The van der Waals surface area contributed by atoms with E-state index in [4.69, 9.17) is 0 Å². The number of hydrogen-bond donors (Lipinski definition) is 2. The lowest BCUT2D eigenvalue weighted by Crippen LogP contribution is -2.38. The monoisotopic (exact) mass is 272 g/mol. The van der Waals surface area contributed by atoms with Gasteiger partial charge in [0, 0.05) is 30.9 Å². The van der Waals surface area contributed by atoms with E-state index in [-0.39, 0.29) is 18.4 Å². The van der Waals surface area contributed by atoms with Crippen molar-refractivity contribution in [3.8, 4) is 0 Å². The highest BCUT2D eigenvalue weighted by atomic mass is 16.2. The van der Waals surface area contributed by atoms with Crippen molar-refractivity contribution in [2.24, 2.45) is 0 Å². The molecule has 0 aromatic carbocycles. The normalized spacial score (nSPS) is 14.7. The Bertz CT molecular complexity index is 643. The van der Waals surface area contributed by atoms with Gasteiger partial charge < -0.3 is 15.2 Å². The van der Waals surface area contributed by atoms with Crippen LogP contribution in [0, 0.1) is 0 Å². The average Bonchev–Trinajstić information content (AvgIpc) is 3.13. The van der Waals surface area contributed by atoms with E-state index in [0.29, 0.717) is 11.2 Å². The molecule has 1 aliphatic heterocycles. The van der Waals surface area contributed by atoms with E-state index in [1.165, 1.54) is 0 Å². The van der Waals surface area contributed by atoms with E-state index in [1.807, 2.05) is 0 Å². The Kier molecular flexibility index (Phi) is 3.37. The second kappa shape index (κ2) is 5.32. The number of hydrogen-bond acceptors (Lipinski definition) is 3. The zero-order chi connectivity index (χ0) is 13.9. The van der Waals surface area contributed by atoms with Gasteiger partial charge in [0.1, 0.15) is 5.65 Å². The summed E-state index contributed by atoms with van der Waals surface area (Å²) >= 11 is 0. The number of fused-ring (bicyclic) bond motifs is 1. The largest absolute Gasteiger partial charge is 0.346 e. The highest BCUT2D eigenvalue weighted by Crippen LogP contribution is 2.14. The molecule has 1 fully saturated rings. The van der Waals surface area contributed by atoms with Gasteiger partial charge in [-0.15, -0.1) is 0 Å². The summed E-state index contributed by atoms with van der Waals surface area (Å²) in [4.78, 5) is 32.9. The van der Waals surface area contributed by atoms with Crippen LogP contribution in [0.15, 0.2) is 24.5 Å². The first kappa shape index (κ1) is 12.7. The highest BCUT2D eigenvalue weighted by Gasteiger charge is 2.19. The molecule has 0 unspecified atom stereocenters. The number of aromatic amines is 1. The van der Waals surface area contributed by atoms with Gasteiger partial charge in [-0.2, -0.15) is 0 Å². The van der Waals surface area contributed by atoms with Crippen molar-refractivity contribution in [2.75, 3.05) is 19.6 Å². The van der Waals surface area contributed by atoms with E-state index in [1.54, 1.807) is 29.4 Å². The Labute approximate surface area is 116 Å². The maximum atomic E-state index is 12.2. The summed E-state index contributed by atoms with van der Waals surface area (Å²) in [6.45, 7) is 1.64. The molecular weight excluding hydrogens is 256 g/mol. The molecule has 1 saturated heterocycles. The van der Waals surface area contributed by atoms with Crippen molar-refractivity contribution in [2.45, 2.75) is 12.8 Å². The van der Waals surface area contributed by atoms with E-state index in [2.05, 4.69) is 15.3 Å². The third kappa shape index (κ3) is 2.36. The molecular formula is C14H16N4O2. The first-order chi connectivity index (χ1) is 9.75. The lowest BCUT2D eigenvalue weighted by Gasteiger charge is -2.15.